The zero-order chi connectivity index (χ0) is 17.6. The fourth-order valence-corrected chi connectivity index (χ4v) is 2.64. The van der Waals surface area contributed by atoms with E-state index >= 15 is 0 Å². The van der Waals surface area contributed by atoms with Gasteiger partial charge in [0, 0.05) is 18.7 Å². The third-order valence-corrected chi connectivity index (χ3v) is 4.27. The van der Waals surface area contributed by atoms with Crippen molar-refractivity contribution in [3.05, 3.63) is 29.8 Å². The number of unbranched alkanes of at least 4 members (excludes halogenated alkanes) is 5. The monoisotopic (exact) mass is 332 g/mol. The SMILES string of the molecule is CCCCCCOc1ccc(C(=N)N(CCCC)CCCC)cc1. The molecule has 0 atom stereocenters. The lowest BCUT2D eigenvalue weighted by atomic mass is 10.1. The third kappa shape index (κ3) is 7.85. The zero-order valence-corrected chi connectivity index (χ0v) is 15.9. The van der Waals surface area contributed by atoms with Crippen LogP contribution in [-0.2, 0) is 0 Å². The van der Waals surface area contributed by atoms with Crippen molar-refractivity contribution in [1.82, 2.24) is 4.90 Å². The number of rotatable bonds is 13. The second kappa shape index (κ2) is 12.9. The number of nitrogens with zero attached hydrogens (tertiary/aromatic N) is 1. The van der Waals surface area contributed by atoms with Gasteiger partial charge in [0.15, 0.2) is 0 Å². The molecule has 0 bridgehead atoms. The smallest absolute Gasteiger partial charge is 0.128 e. The van der Waals surface area contributed by atoms with Crippen LogP contribution in [0.4, 0.5) is 0 Å². The highest BCUT2D eigenvalue weighted by atomic mass is 16.5. The molecule has 0 fully saturated rings. The standard InChI is InChI=1S/C21H36N2O/c1-4-7-10-11-18-24-20-14-12-19(13-15-20)21(22)23(16-8-5-2)17-9-6-3/h12-15,22H,4-11,16-18H2,1-3H3. The van der Waals surface area contributed by atoms with Crippen LogP contribution in [0.1, 0.15) is 77.7 Å². The average molecular weight is 333 g/mol. The van der Waals surface area contributed by atoms with Crippen LogP contribution < -0.4 is 4.74 Å². The Morgan fingerprint density at radius 3 is 1.96 bits per heavy atom. The molecule has 0 radical (unpaired) electrons. The minimum atomic E-state index is 0.645. The molecule has 3 nitrogen and oxygen atoms in total. The van der Waals surface area contributed by atoms with Crippen molar-refractivity contribution in [2.75, 3.05) is 19.7 Å². The molecule has 1 aromatic carbocycles. The maximum absolute atomic E-state index is 8.51. The quantitative estimate of drug-likeness (QED) is 0.278. The van der Waals surface area contributed by atoms with E-state index < -0.39 is 0 Å². The van der Waals surface area contributed by atoms with Crippen molar-refractivity contribution in [3.8, 4) is 5.75 Å². The molecule has 1 aromatic rings. The average Bonchev–Trinajstić information content (AvgIpc) is 2.62. The lowest BCUT2D eigenvalue weighted by molar-refractivity contribution is 0.305. The largest absolute Gasteiger partial charge is 0.494 e. The maximum atomic E-state index is 8.51. The number of hydrogen-bond donors (Lipinski definition) is 1. The summed E-state index contributed by atoms with van der Waals surface area (Å²) in [5, 5.41) is 8.51. The van der Waals surface area contributed by atoms with Crippen LogP contribution in [0.15, 0.2) is 24.3 Å². The fraction of sp³-hybridized carbons (Fsp3) is 0.667. The van der Waals surface area contributed by atoms with E-state index in [9.17, 15) is 0 Å². The van der Waals surface area contributed by atoms with E-state index in [4.69, 9.17) is 10.1 Å². The number of ether oxygens (including phenoxy) is 1. The van der Waals surface area contributed by atoms with Gasteiger partial charge in [-0.05, 0) is 43.5 Å². The minimum absolute atomic E-state index is 0.645. The van der Waals surface area contributed by atoms with E-state index in [1.165, 1.54) is 32.1 Å². The Hall–Kier alpha value is -1.51. The molecule has 1 N–H and O–H groups in total. The van der Waals surface area contributed by atoms with Gasteiger partial charge in [0.25, 0.3) is 0 Å². The Morgan fingerprint density at radius 2 is 1.42 bits per heavy atom. The van der Waals surface area contributed by atoms with Crippen LogP contribution in [0, 0.1) is 5.41 Å². The van der Waals surface area contributed by atoms with Crippen LogP contribution in [-0.4, -0.2) is 30.4 Å². The molecule has 0 saturated heterocycles. The normalized spacial score (nSPS) is 10.6. The van der Waals surface area contributed by atoms with Gasteiger partial charge in [-0.15, -0.1) is 0 Å². The van der Waals surface area contributed by atoms with E-state index in [1.54, 1.807) is 0 Å². The first-order valence-electron chi connectivity index (χ1n) is 9.79. The predicted octanol–water partition coefficient (Wildman–Crippen LogP) is 5.87. The van der Waals surface area contributed by atoms with E-state index in [0.29, 0.717) is 5.84 Å². The Labute approximate surface area is 148 Å². The Bertz CT molecular complexity index is 434. The summed E-state index contributed by atoms with van der Waals surface area (Å²) in [4.78, 5) is 2.22. The molecule has 0 aliphatic carbocycles. The van der Waals surface area contributed by atoms with Crippen LogP contribution >= 0.6 is 0 Å². The Morgan fingerprint density at radius 1 is 0.833 bits per heavy atom. The van der Waals surface area contributed by atoms with Gasteiger partial charge in [-0.1, -0.05) is 52.9 Å². The summed E-state index contributed by atoms with van der Waals surface area (Å²) in [6, 6.07) is 8.05. The van der Waals surface area contributed by atoms with Crippen LogP contribution in [0.2, 0.25) is 0 Å². The lowest BCUT2D eigenvalue weighted by Crippen LogP contribution is -2.32. The molecule has 0 unspecified atom stereocenters. The first-order valence-corrected chi connectivity index (χ1v) is 9.79. The van der Waals surface area contributed by atoms with Gasteiger partial charge in [0.05, 0.1) is 6.61 Å². The topological polar surface area (TPSA) is 36.3 Å². The summed E-state index contributed by atoms with van der Waals surface area (Å²) >= 11 is 0. The van der Waals surface area contributed by atoms with Gasteiger partial charge in [-0.2, -0.15) is 0 Å². The number of hydrogen-bond acceptors (Lipinski definition) is 2. The number of nitrogens with one attached hydrogen (secondary N) is 1. The number of benzene rings is 1. The molecule has 1 rings (SSSR count). The maximum Gasteiger partial charge on any atom is 0.128 e. The van der Waals surface area contributed by atoms with Crippen LogP contribution in [0.25, 0.3) is 0 Å². The van der Waals surface area contributed by atoms with E-state index in [0.717, 1.165) is 50.3 Å². The highest BCUT2D eigenvalue weighted by molar-refractivity contribution is 5.96. The molecule has 0 heterocycles. The van der Waals surface area contributed by atoms with E-state index in [2.05, 4.69) is 25.7 Å². The van der Waals surface area contributed by atoms with E-state index in [1.807, 2.05) is 24.3 Å². The van der Waals surface area contributed by atoms with Gasteiger partial charge in [0.1, 0.15) is 11.6 Å². The zero-order valence-electron chi connectivity index (χ0n) is 15.9. The highest BCUT2D eigenvalue weighted by Crippen LogP contribution is 2.15. The van der Waals surface area contributed by atoms with Gasteiger partial charge < -0.3 is 9.64 Å². The third-order valence-electron chi connectivity index (χ3n) is 4.27. The van der Waals surface area contributed by atoms with Gasteiger partial charge in [-0.3, -0.25) is 5.41 Å². The molecule has 0 spiro atoms. The van der Waals surface area contributed by atoms with Crippen molar-refractivity contribution in [2.45, 2.75) is 72.1 Å². The van der Waals surface area contributed by atoms with Crippen LogP contribution in [0.3, 0.4) is 0 Å². The second-order valence-electron chi connectivity index (χ2n) is 6.48. The van der Waals surface area contributed by atoms with Gasteiger partial charge in [-0.25, -0.2) is 0 Å². The van der Waals surface area contributed by atoms with Crippen molar-refractivity contribution in [3.63, 3.8) is 0 Å². The second-order valence-corrected chi connectivity index (χ2v) is 6.48. The first-order chi connectivity index (χ1) is 11.7. The molecule has 0 aromatic heterocycles. The van der Waals surface area contributed by atoms with Crippen LogP contribution in [0.5, 0.6) is 5.75 Å². The fourth-order valence-electron chi connectivity index (χ4n) is 2.64. The summed E-state index contributed by atoms with van der Waals surface area (Å²) in [6.45, 7) is 9.37. The minimum Gasteiger partial charge on any atom is -0.494 e. The molecule has 136 valence electrons. The summed E-state index contributed by atoms with van der Waals surface area (Å²) in [6.07, 6.45) is 9.52. The van der Waals surface area contributed by atoms with Crippen molar-refractivity contribution in [2.24, 2.45) is 0 Å². The van der Waals surface area contributed by atoms with E-state index in [-0.39, 0.29) is 0 Å². The Balaban J connectivity index is 2.53. The summed E-state index contributed by atoms with van der Waals surface area (Å²) in [7, 11) is 0. The molecule has 0 amide bonds. The molecule has 24 heavy (non-hydrogen) atoms. The van der Waals surface area contributed by atoms with Crippen molar-refractivity contribution in [1.29, 1.82) is 5.41 Å². The molecule has 0 aliphatic rings. The highest BCUT2D eigenvalue weighted by Gasteiger charge is 2.11. The molecular weight excluding hydrogens is 296 g/mol. The Kier molecular flexibility index (Phi) is 11.0. The molecular formula is C21H36N2O. The summed E-state index contributed by atoms with van der Waals surface area (Å²) in [5.74, 6) is 1.56. The van der Waals surface area contributed by atoms with Gasteiger partial charge >= 0.3 is 0 Å². The molecule has 0 aliphatic heterocycles. The number of amidine groups is 1. The van der Waals surface area contributed by atoms with Crippen molar-refractivity contribution < 1.29 is 4.74 Å². The lowest BCUT2D eigenvalue weighted by Gasteiger charge is -2.25. The molecule has 3 heteroatoms. The first kappa shape index (κ1) is 20.5. The summed E-state index contributed by atoms with van der Waals surface area (Å²) < 4.78 is 5.79. The predicted molar refractivity (Wildman–Crippen MR) is 104 cm³/mol. The summed E-state index contributed by atoms with van der Waals surface area (Å²) in [5.41, 5.74) is 0.987. The molecule has 0 saturated carbocycles. The van der Waals surface area contributed by atoms with Gasteiger partial charge in [0.2, 0.25) is 0 Å². The van der Waals surface area contributed by atoms with Crippen molar-refractivity contribution >= 4 is 5.84 Å².